The molecule has 0 fully saturated rings. The predicted octanol–water partition coefficient (Wildman–Crippen LogP) is 7.30. The number of fused-ring (bicyclic) bond motifs is 6. The van der Waals surface area contributed by atoms with E-state index in [1.807, 2.05) is 60.7 Å². The lowest BCUT2D eigenvalue weighted by molar-refractivity contribution is 0.0224. The van der Waals surface area contributed by atoms with Crippen LogP contribution in [0.5, 0.6) is 11.5 Å². The molecule has 180 valence electrons. The molecule has 0 aromatic heterocycles. The molecule has 0 aliphatic carbocycles. The Bertz CT molecular complexity index is 1500. The maximum absolute atomic E-state index is 13.2. The first kappa shape index (κ1) is 22.2. The highest BCUT2D eigenvalue weighted by Gasteiger charge is 2.53. The van der Waals surface area contributed by atoms with E-state index in [1.54, 1.807) is 0 Å². The van der Waals surface area contributed by atoms with Crippen LogP contribution in [0.3, 0.4) is 0 Å². The van der Waals surface area contributed by atoms with Crippen LogP contribution in [0.15, 0.2) is 78.9 Å². The van der Waals surface area contributed by atoms with Crippen LogP contribution in [0.1, 0.15) is 52.0 Å². The van der Waals surface area contributed by atoms with Gasteiger partial charge in [0.05, 0.1) is 5.56 Å². The van der Waals surface area contributed by atoms with E-state index in [0.29, 0.717) is 17.1 Å². The lowest BCUT2D eigenvalue weighted by Gasteiger charge is -2.38. The zero-order valence-electron chi connectivity index (χ0n) is 20.6. The van der Waals surface area contributed by atoms with Gasteiger partial charge in [0.1, 0.15) is 11.5 Å². The molecular formula is C31H28N2O3. The summed E-state index contributed by atoms with van der Waals surface area (Å²) in [6, 6.07) is 26.0. The first-order valence-corrected chi connectivity index (χ1v) is 12.4. The van der Waals surface area contributed by atoms with Crippen molar-refractivity contribution >= 4 is 23.0 Å². The highest BCUT2D eigenvalue weighted by atomic mass is 16.6. The number of anilines is 3. The number of aryl methyl sites for hydroxylation is 2. The average molecular weight is 477 g/mol. The molecule has 4 aromatic rings. The fourth-order valence-corrected chi connectivity index (χ4v) is 5.38. The van der Waals surface area contributed by atoms with Gasteiger partial charge in [-0.05, 0) is 67.8 Å². The quantitative estimate of drug-likeness (QED) is 0.296. The summed E-state index contributed by atoms with van der Waals surface area (Å²) >= 11 is 0. The van der Waals surface area contributed by atoms with E-state index in [-0.39, 0.29) is 5.97 Å². The van der Waals surface area contributed by atoms with Gasteiger partial charge in [-0.3, -0.25) is 0 Å². The lowest BCUT2D eigenvalue weighted by atomic mass is 9.76. The molecule has 0 bridgehead atoms. The summed E-state index contributed by atoms with van der Waals surface area (Å²) in [4.78, 5) is 13.2. The van der Waals surface area contributed by atoms with Crippen molar-refractivity contribution < 1.29 is 14.3 Å². The number of carbonyl (C=O) groups is 1. The number of nitrogens with one attached hydrogen (secondary N) is 2. The number of hydrogen-bond donors (Lipinski definition) is 2. The minimum absolute atomic E-state index is 0.324. The van der Waals surface area contributed by atoms with Crippen molar-refractivity contribution in [2.75, 3.05) is 17.2 Å². The fourth-order valence-electron chi connectivity index (χ4n) is 5.38. The van der Waals surface area contributed by atoms with Crippen LogP contribution in [0.4, 0.5) is 17.1 Å². The monoisotopic (exact) mass is 476 g/mol. The van der Waals surface area contributed by atoms with Gasteiger partial charge in [-0.2, -0.15) is 0 Å². The van der Waals surface area contributed by atoms with Crippen molar-refractivity contribution in [2.45, 2.75) is 32.8 Å². The number of benzene rings is 4. The molecule has 2 heterocycles. The van der Waals surface area contributed by atoms with Crippen LogP contribution in [-0.2, 0) is 16.8 Å². The van der Waals surface area contributed by atoms with E-state index in [4.69, 9.17) is 9.47 Å². The molecule has 1 atom stereocenters. The number of carbonyl (C=O) groups excluding carboxylic acids is 1. The van der Waals surface area contributed by atoms with Gasteiger partial charge >= 0.3 is 5.97 Å². The minimum atomic E-state index is -1.09. The van der Waals surface area contributed by atoms with Gasteiger partial charge < -0.3 is 20.1 Å². The Morgan fingerprint density at radius 3 is 2.31 bits per heavy atom. The van der Waals surface area contributed by atoms with Crippen LogP contribution >= 0.6 is 0 Å². The number of para-hydroxylation sites is 1. The van der Waals surface area contributed by atoms with Crippen molar-refractivity contribution in [3.05, 3.63) is 112 Å². The summed E-state index contributed by atoms with van der Waals surface area (Å²) in [5.41, 5.74) is 7.14. The van der Waals surface area contributed by atoms with E-state index in [2.05, 4.69) is 49.6 Å². The van der Waals surface area contributed by atoms with Crippen LogP contribution in [-0.4, -0.2) is 12.5 Å². The van der Waals surface area contributed by atoms with E-state index in [9.17, 15) is 4.79 Å². The number of rotatable bonds is 5. The summed E-state index contributed by atoms with van der Waals surface area (Å²) in [7, 11) is 0. The smallest absolute Gasteiger partial charge is 0.340 e. The summed E-state index contributed by atoms with van der Waals surface area (Å²) in [5, 5.41) is 6.99. The Morgan fingerprint density at radius 2 is 1.53 bits per heavy atom. The largest absolute Gasteiger partial charge is 0.456 e. The van der Waals surface area contributed by atoms with Gasteiger partial charge in [-0.25, -0.2) is 4.79 Å². The molecule has 0 saturated heterocycles. The number of ether oxygens (including phenoxy) is 2. The molecule has 2 aliphatic heterocycles. The molecule has 1 unspecified atom stereocenters. The van der Waals surface area contributed by atoms with Gasteiger partial charge in [0.15, 0.2) is 5.60 Å². The van der Waals surface area contributed by atoms with Gasteiger partial charge in [-0.1, -0.05) is 43.3 Å². The third kappa shape index (κ3) is 3.27. The summed E-state index contributed by atoms with van der Waals surface area (Å²) < 4.78 is 12.9. The molecule has 4 aromatic carbocycles. The Hall–Kier alpha value is -4.25. The van der Waals surface area contributed by atoms with E-state index < -0.39 is 5.60 Å². The van der Waals surface area contributed by atoms with Gasteiger partial charge in [0.2, 0.25) is 0 Å². The Balaban J connectivity index is 1.63. The second kappa shape index (κ2) is 8.45. The summed E-state index contributed by atoms with van der Waals surface area (Å²) in [5.74, 6) is 1.07. The molecule has 2 N–H and O–H groups in total. The third-order valence-electron chi connectivity index (χ3n) is 7.08. The molecule has 6 rings (SSSR count). The van der Waals surface area contributed by atoms with E-state index >= 15 is 0 Å². The SMILES string of the molecule is CCNc1cc2c(cc1C)C1(OC(=O)c3ccccc31)c1cc(Nc3ccccc3)c(CC)cc1O2. The zero-order valence-corrected chi connectivity index (χ0v) is 20.6. The van der Waals surface area contributed by atoms with Crippen LogP contribution < -0.4 is 15.4 Å². The topological polar surface area (TPSA) is 59.6 Å². The van der Waals surface area contributed by atoms with Crippen molar-refractivity contribution in [3.63, 3.8) is 0 Å². The summed E-state index contributed by atoms with van der Waals surface area (Å²) in [6.07, 6.45) is 0.818. The third-order valence-corrected chi connectivity index (χ3v) is 7.08. The Morgan fingerprint density at radius 1 is 0.806 bits per heavy atom. The average Bonchev–Trinajstić information content (AvgIpc) is 3.19. The fraction of sp³-hybridized carbons (Fsp3) is 0.194. The second-order valence-electron chi connectivity index (χ2n) is 9.26. The maximum atomic E-state index is 13.2. The van der Waals surface area contributed by atoms with Crippen LogP contribution in [0.2, 0.25) is 0 Å². The first-order valence-electron chi connectivity index (χ1n) is 12.4. The Kier molecular flexibility index (Phi) is 5.22. The predicted molar refractivity (Wildman–Crippen MR) is 143 cm³/mol. The molecule has 2 aliphatic rings. The van der Waals surface area contributed by atoms with Crippen LogP contribution in [0.25, 0.3) is 0 Å². The van der Waals surface area contributed by atoms with Crippen molar-refractivity contribution in [3.8, 4) is 11.5 Å². The van der Waals surface area contributed by atoms with Gasteiger partial charge in [0, 0.05) is 46.4 Å². The second-order valence-corrected chi connectivity index (χ2v) is 9.26. The normalized spacial score (nSPS) is 17.0. The van der Waals surface area contributed by atoms with E-state index in [1.165, 1.54) is 0 Å². The van der Waals surface area contributed by atoms with E-state index in [0.717, 1.165) is 57.8 Å². The molecule has 1 spiro atoms. The molecule has 0 saturated carbocycles. The highest BCUT2D eigenvalue weighted by molar-refractivity contribution is 5.97. The molecule has 5 nitrogen and oxygen atoms in total. The number of hydrogen-bond acceptors (Lipinski definition) is 5. The van der Waals surface area contributed by atoms with Crippen molar-refractivity contribution in [1.82, 2.24) is 0 Å². The summed E-state index contributed by atoms with van der Waals surface area (Å²) in [6.45, 7) is 7.06. The molecule has 0 radical (unpaired) electrons. The molecule has 36 heavy (non-hydrogen) atoms. The standard InChI is InChI=1S/C31H28N2O3/c1-4-20-16-28-25(17-27(20)33-21-11-7-6-8-12-21)31(23-14-10-9-13-22(23)30(34)36-31)24-15-19(3)26(32-5-2)18-29(24)35-28/h6-18,32-33H,4-5H2,1-3H3. The lowest BCUT2D eigenvalue weighted by Crippen LogP contribution is -2.33. The molecule has 0 amide bonds. The first-order chi connectivity index (χ1) is 17.5. The maximum Gasteiger partial charge on any atom is 0.340 e. The zero-order chi connectivity index (χ0) is 24.9. The van der Waals surface area contributed by atoms with Crippen LogP contribution in [0, 0.1) is 6.92 Å². The Labute approximate surface area is 211 Å². The minimum Gasteiger partial charge on any atom is -0.456 e. The molecular weight excluding hydrogens is 448 g/mol. The van der Waals surface area contributed by atoms with Gasteiger partial charge in [0.25, 0.3) is 0 Å². The number of esters is 1. The van der Waals surface area contributed by atoms with Crippen molar-refractivity contribution in [2.24, 2.45) is 0 Å². The molecule has 5 heteroatoms. The highest BCUT2D eigenvalue weighted by Crippen LogP contribution is 2.57. The van der Waals surface area contributed by atoms with Gasteiger partial charge in [-0.15, -0.1) is 0 Å². The van der Waals surface area contributed by atoms with Crippen molar-refractivity contribution in [1.29, 1.82) is 0 Å².